The zero-order valence-corrected chi connectivity index (χ0v) is 14.7. The number of aryl methyl sites for hydroxylation is 1. The lowest BCUT2D eigenvalue weighted by Crippen LogP contribution is -2.19. The Labute approximate surface area is 152 Å². The van der Waals surface area contributed by atoms with Crippen molar-refractivity contribution in [3.8, 4) is 0 Å². The Morgan fingerprint density at radius 2 is 1.80 bits per heavy atom. The van der Waals surface area contributed by atoms with Gasteiger partial charge in [0.1, 0.15) is 0 Å². The average molecular weight is 335 g/mol. The molecule has 1 aromatic heterocycles. The molecule has 1 saturated heterocycles. The molecule has 3 rings (SSSR count). The molecule has 0 N–H and O–H groups in total. The molecule has 0 unspecified atom stereocenters. The summed E-state index contributed by atoms with van der Waals surface area (Å²) in [7, 11) is 0. The third-order valence-electron chi connectivity index (χ3n) is 4.50. The molecular weight excluding hydrogens is 304 g/mol. The first-order chi connectivity index (χ1) is 11.8. The minimum atomic E-state index is 0. The normalized spacial score (nSPS) is 15.5. The predicted molar refractivity (Wildman–Crippen MR) is 110 cm³/mol. The highest BCUT2D eigenvalue weighted by Crippen LogP contribution is 2.23. The maximum absolute atomic E-state index is 4.83. The Balaban J connectivity index is 0.00000225. The number of likely N-dealkylation sites (tertiary alicyclic amines) is 1. The van der Waals surface area contributed by atoms with Crippen LogP contribution < -0.4 is 0 Å². The topological polar surface area (TPSA) is 16.1 Å². The lowest BCUT2D eigenvalue weighted by molar-refractivity contribution is 0.377. The number of benzene rings is 1. The van der Waals surface area contributed by atoms with Gasteiger partial charge in [0, 0.05) is 12.1 Å². The first-order valence-electron chi connectivity index (χ1n) is 8.86. The molecule has 2 heteroatoms. The van der Waals surface area contributed by atoms with Gasteiger partial charge in [-0.1, -0.05) is 55.5 Å². The lowest BCUT2D eigenvalue weighted by Gasteiger charge is -2.14. The highest BCUT2D eigenvalue weighted by atomic mass is 15.1. The fourth-order valence-corrected chi connectivity index (χ4v) is 3.15. The summed E-state index contributed by atoms with van der Waals surface area (Å²) in [6.45, 7) is 7.58. The van der Waals surface area contributed by atoms with Crippen molar-refractivity contribution < 1.29 is 0 Å². The highest BCUT2D eigenvalue weighted by molar-refractivity contribution is 5.78. The number of nitrogens with zero attached hydrogens (tertiary/aromatic N) is 2. The molecule has 1 fully saturated rings. The van der Waals surface area contributed by atoms with Crippen LogP contribution in [0.25, 0.3) is 11.6 Å². The van der Waals surface area contributed by atoms with Crippen molar-refractivity contribution in [2.24, 2.45) is 0 Å². The molecule has 132 valence electrons. The van der Waals surface area contributed by atoms with Crippen molar-refractivity contribution in [2.45, 2.75) is 34.1 Å². The van der Waals surface area contributed by atoms with Crippen LogP contribution in [-0.2, 0) is 0 Å². The van der Waals surface area contributed by atoms with E-state index >= 15 is 0 Å². The second kappa shape index (κ2) is 9.33. The third-order valence-corrected chi connectivity index (χ3v) is 4.50. The molecule has 1 aliphatic rings. The molecule has 0 amide bonds. The van der Waals surface area contributed by atoms with Gasteiger partial charge in [-0.15, -0.1) is 0 Å². The van der Waals surface area contributed by atoms with Gasteiger partial charge >= 0.3 is 0 Å². The van der Waals surface area contributed by atoms with Crippen LogP contribution in [0.4, 0.5) is 0 Å². The van der Waals surface area contributed by atoms with Crippen LogP contribution in [0.2, 0.25) is 0 Å². The standard InChI is InChI=1S/C22H26N2.CH4/c1-3-7-20-8-6-9-22(23-20)21(14-17-24-15-4-5-16-24)19-12-10-18(2)11-13-19;/h3,6-14H,4-5,15-17H2,1-2H3;1H4/b7-3+,21-14-;. The SMILES string of the molecule is C.C/C=C/c1cccc(/C(=C\CN2CCCC2)c2ccc(C)cc2)n1. The summed E-state index contributed by atoms with van der Waals surface area (Å²) in [4.78, 5) is 7.35. The van der Waals surface area contributed by atoms with Crippen LogP contribution in [0.5, 0.6) is 0 Å². The zero-order chi connectivity index (χ0) is 16.8. The molecule has 2 heterocycles. The van der Waals surface area contributed by atoms with E-state index in [0.717, 1.165) is 17.9 Å². The van der Waals surface area contributed by atoms with Crippen molar-refractivity contribution in [1.29, 1.82) is 0 Å². The van der Waals surface area contributed by atoms with Crippen LogP contribution >= 0.6 is 0 Å². The number of aromatic nitrogens is 1. The van der Waals surface area contributed by atoms with Crippen molar-refractivity contribution in [2.75, 3.05) is 19.6 Å². The Kier molecular flexibility index (Phi) is 7.15. The Morgan fingerprint density at radius 1 is 1.08 bits per heavy atom. The van der Waals surface area contributed by atoms with E-state index in [2.05, 4.69) is 66.4 Å². The minimum Gasteiger partial charge on any atom is -0.300 e. The van der Waals surface area contributed by atoms with E-state index in [0.29, 0.717) is 0 Å². The van der Waals surface area contributed by atoms with Crippen LogP contribution in [0, 0.1) is 6.92 Å². The molecule has 2 aromatic rings. The molecule has 0 aliphatic carbocycles. The maximum atomic E-state index is 4.83. The monoisotopic (exact) mass is 334 g/mol. The summed E-state index contributed by atoms with van der Waals surface area (Å²) in [5.74, 6) is 0. The Morgan fingerprint density at radius 3 is 2.48 bits per heavy atom. The molecule has 0 radical (unpaired) electrons. The first kappa shape index (κ1) is 19.1. The van der Waals surface area contributed by atoms with E-state index in [9.17, 15) is 0 Å². The average Bonchev–Trinajstić information content (AvgIpc) is 3.11. The number of hydrogen-bond donors (Lipinski definition) is 0. The van der Waals surface area contributed by atoms with Gasteiger partial charge in [0.05, 0.1) is 11.4 Å². The molecular formula is C23H30N2. The van der Waals surface area contributed by atoms with Gasteiger partial charge in [-0.05, 0) is 63.6 Å². The molecule has 0 atom stereocenters. The van der Waals surface area contributed by atoms with E-state index in [4.69, 9.17) is 4.98 Å². The van der Waals surface area contributed by atoms with Gasteiger partial charge in [0.2, 0.25) is 0 Å². The van der Waals surface area contributed by atoms with E-state index in [1.807, 2.05) is 13.0 Å². The smallest absolute Gasteiger partial charge is 0.0712 e. The molecule has 25 heavy (non-hydrogen) atoms. The van der Waals surface area contributed by atoms with Crippen molar-refractivity contribution >= 4 is 11.6 Å². The van der Waals surface area contributed by atoms with Crippen LogP contribution in [0.3, 0.4) is 0 Å². The molecule has 1 aromatic carbocycles. The summed E-state index contributed by atoms with van der Waals surface area (Å²) >= 11 is 0. The van der Waals surface area contributed by atoms with Crippen LogP contribution in [0.1, 0.15) is 49.7 Å². The summed E-state index contributed by atoms with van der Waals surface area (Å²) in [5.41, 5.74) is 5.81. The molecule has 0 bridgehead atoms. The van der Waals surface area contributed by atoms with Gasteiger partial charge in [-0.2, -0.15) is 0 Å². The number of rotatable bonds is 5. The summed E-state index contributed by atoms with van der Waals surface area (Å²) in [6, 6.07) is 15.0. The molecule has 2 nitrogen and oxygen atoms in total. The Bertz CT molecular complexity index is 720. The number of hydrogen-bond acceptors (Lipinski definition) is 2. The quantitative estimate of drug-likeness (QED) is 0.709. The van der Waals surface area contributed by atoms with Gasteiger partial charge in [0.15, 0.2) is 0 Å². The van der Waals surface area contributed by atoms with Gasteiger partial charge < -0.3 is 0 Å². The van der Waals surface area contributed by atoms with Crippen molar-refractivity contribution in [3.63, 3.8) is 0 Å². The predicted octanol–water partition coefficient (Wildman–Crippen LogP) is 5.59. The van der Waals surface area contributed by atoms with E-state index < -0.39 is 0 Å². The van der Waals surface area contributed by atoms with Crippen LogP contribution in [0.15, 0.2) is 54.6 Å². The third kappa shape index (κ3) is 5.14. The maximum Gasteiger partial charge on any atom is 0.0712 e. The fraction of sp³-hybridized carbons (Fsp3) is 0.348. The Hall–Kier alpha value is -2.19. The van der Waals surface area contributed by atoms with Gasteiger partial charge in [0.25, 0.3) is 0 Å². The minimum absolute atomic E-state index is 0. The number of allylic oxidation sites excluding steroid dienone is 1. The second-order valence-electron chi connectivity index (χ2n) is 6.44. The van der Waals surface area contributed by atoms with Gasteiger partial charge in [-0.25, -0.2) is 4.98 Å². The summed E-state index contributed by atoms with van der Waals surface area (Å²) < 4.78 is 0. The van der Waals surface area contributed by atoms with Gasteiger partial charge in [-0.3, -0.25) is 4.90 Å². The molecule has 1 aliphatic heterocycles. The lowest BCUT2D eigenvalue weighted by atomic mass is 10.00. The second-order valence-corrected chi connectivity index (χ2v) is 6.44. The first-order valence-corrected chi connectivity index (χ1v) is 8.86. The fourth-order valence-electron chi connectivity index (χ4n) is 3.15. The van der Waals surface area contributed by atoms with Crippen LogP contribution in [-0.4, -0.2) is 29.5 Å². The van der Waals surface area contributed by atoms with E-state index in [1.54, 1.807) is 0 Å². The van der Waals surface area contributed by atoms with E-state index in [1.165, 1.54) is 42.6 Å². The summed E-state index contributed by atoms with van der Waals surface area (Å²) in [5, 5.41) is 0. The molecule has 0 saturated carbocycles. The highest BCUT2D eigenvalue weighted by Gasteiger charge is 2.12. The van der Waals surface area contributed by atoms with Crippen molar-refractivity contribution in [3.05, 3.63) is 77.1 Å². The largest absolute Gasteiger partial charge is 0.300 e. The summed E-state index contributed by atoms with van der Waals surface area (Å²) in [6.07, 6.45) is 9.07. The molecule has 0 spiro atoms. The van der Waals surface area contributed by atoms with E-state index in [-0.39, 0.29) is 7.43 Å². The number of pyridine rings is 1. The van der Waals surface area contributed by atoms with Crippen molar-refractivity contribution in [1.82, 2.24) is 9.88 Å². The zero-order valence-electron chi connectivity index (χ0n) is 14.7.